The van der Waals surface area contributed by atoms with Gasteiger partial charge in [0.2, 0.25) is 0 Å². The molecule has 0 aliphatic carbocycles. The number of thiocarbonyl (C=S) groups is 1. The first-order valence-corrected chi connectivity index (χ1v) is 14.0. The van der Waals surface area contributed by atoms with Gasteiger partial charge in [-0.1, -0.05) is 36.0 Å². The molecular formula is C26H27ClN2O4S3. The Hall–Kier alpha value is -2.33. The number of ether oxygens (including phenoxy) is 3. The summed E-state index contributed by atoms with van der Waals surface area (Å²) in [4.78, 5) is 18.4. The van der Waals surface area contributed by atoms with Crippen molar-refractivity contribution in [3.05, 3.63) is 68.6 Å². The maximum absolute atomic E-state index is 12.2. The lowest BCUT2D eigenvalue weighted by Gasteiger charge is -2.23. The summed E-state index contributed by atoms with van der Waals surface area (Å²) in [6.07, 6.45) is 2.37. The normalized spacial score (nSPS) is 18.0. The van der Waals surface area contributed by atoms with Crippen molar-refractivity contribution in [1.29, 1.82) is 0 Å². The Morgan fingerprint density at radius 3 is 2.75 bits per heavy atom. The largest absolute Gasteiger partial charge is 0.493 e. The summed E-state index contributed by atoms with van der Waals surface area (Å²) >= 11 is 15.5. The second kappa shape index (κ2) is 11.8. The van der Waals surface area contributed by atoms with E-state index in [-0.39, 0.29) is 22.4 Å². The van der Waals surface area contributed by atoms with Crippen LogP contribution < -0.4 is 14.8 Å². The third-order valence-corrected chi connectivity index (χ3v) is 9.35. The van der Waals surface area contributed by atoms with Gasteiger partial charge >= 0.3 is 5.97 Å². The molecule has 0 spiro atoms. The monoisotopic (exact) mass is 562 g/mol. The zero-order valence-corrected chi connectivity index (χ0v) is 23.6. The van der Waals surface area contributed by atoms with E-state index in [1.54, 1.807) is 39.1 Å². The summed E-state index contributed by atoms with van der Waals surface area (Å²) in [6.45, 7) is 4.00. The summed E-state index contributed by atoms with van der Waals surface area (Å²) < 4.78 is 16.5. The van der Waals surface area contributed by atoms with Gasteiger partial charge in [-0.05, 0) is 43.7 Å². The smallest absolute Gasteiger partial charge is 0.314 e. The number of thioether (sulfide) groups is 1. The third-order valence-electron chi connectivity index (χ3n) is 5.86. The summed E-state index contributed by atoms with van der Waals surface area (Å²) in [7, 11) is 3.27. The van der Waals surface area contributed by atoms with Crippen LogP contribution in [0.5, 0.6) is 11.5 Å². The zero-order chi connectivity index (χ0) is 25.8. The Kier molecular flexibility index (Phi) is 8.77. The van der Waals surface area contributed by atoms with Crippen molar-refractivity contribution in [2.45, 2.75) is 36.7 Å². The number of hydrogen-bond donors (Lipinski definition) is 1. The molecule has 4 rings (SSSR count). The number of methoxy groups -OCH3 is 2. The van der Waals surface area contributed by atoms with Gasteiger partial charge in [0.1, 0.15) is 0 Å². The van der Waals surface area contributed by atoms with Gasteiger partial charge in [-0.25, -0.2) is 4.98 Å². The van der Waals surface area contributed by atoms with Crippen LogP contribution >= 0.6 is 46.9 Å². The highest BCUT2D eigenvalue weighted by Crippen LogP contribution is 2.50. The molecule has 0 fully saturated rings. The fourth-order valence-electron chi connectivity index (χ4n) is 4.04. The first kappa shape index (κ1) is 26.7. The fourth-order valence-corrected chi connectivity index (χ4v) is 7.13. The molecule has 1 aliphatic rings. The van der Waals surface area contributed by atoms with E-state index in [1.807, 2.05) is 43.3 Å². The minimum absolute atomic E-state index is 0.0796. The van der Waals surface area contributed by atoms with Gasteiger partial charge in [0.25, 0.3) is 0 Å². The van der Waals surface area contributed by atoms with Crippen LogP contribution in [0.3, 0.4) is 0 Å². The molecule has 1 aromatic heterocycles. The Labute approximate surface area is 229 Å². The minimum Gasteiger partial charge on any atom is -0.493 e. The number of para-hydroxylation sites is 1. The van der Waals surface area contributed by atoms with Crippen LogP contribution in [0.1, 0.15) is 46.0 Å². The second-order valence-electron chi connectivity index (χ2n) is 8.14. The quantitative estimate of drug-likeness (QED) is 0.241. The lowest BCUT2D eigenvalue weighted by atomic mass is 10.0. The number of benzene rings is 2. The number of nitrogens with one attached hydrogen (secondary N) is 1. The molecule has 10 heteroatoms. The number of hydrogen-bond acceptors (Lipinski definition) is 8. The van der Waals surface area contributed by atoms with Crippen molar-refractivity contribution in [2.24, 2.45) is 0 Å². The van der Waals surface area contributed by atoms with Gasteiger partial charge < -0.3 is 19.5 Å². The highest BCUT2D eigenvalue weighted by atomic mass is 35.5. The SMILES string of the molecule is CCOC(=O)C(C)c1cnc(CC2SC(c3cccc(OC)c3OC)c3cc(Cl)ccc3NC2=S)s1. The Balaban J connectivity index is 1.69. The lowest BCUT2D eigenvalue weighted by Crippen LogP contribution is -2.24. The number of anilines is 1. The molecule has 0 radical (unpaired) electrons. The second-order valence-corrected chi connectivity index (χ2v) is 11.5. The number of nitrogens with zero attached hydrogens (tertiary/aromatic N) is 1. The topological polar surface area (TPSA) is 69.7 Å². The van der Waals surface area contributed by atoms with Crippen molar-refractivity contribution in [3.63, 3.8) is 0 Å². The maximum Gasteiger partial charge on any atom is 0.314 e. The fraction of sp³-hybridized carbons (Fsp3) is 0.346. The molecule has 3 atom stereocenters. The third kappa shape index (κ3) is 5.64. The van der Waals surface area contributed by atoms with Crippen LogP contribution in [-0.2, 0) is 16.0 Å². The van der Waals surface area contributed by atoms with E-state index < -0.39 is 0 Å². The number of halogens is 1. The number of carbonyl (C=O) groups excluding carboxylic acids is 1. The average Bonchev–Trinajstić information content (AvgIpc) is 3.30. The zero-order valence-electron chi connectivity index (χ0n) is 20.4. The van der Waals surface area contributed by atoms with Crippen LogP contribution in [0.4, 0.5) is 5.69 Å². The molecule has 0 saturated carbocycles. The van der Waals surface area contributed by atoms with E-state index in [0.29, 0.717) is 34.5 Å². The standard InChI is InChI=1S/C26H27ClN2O4S3/c1-5-33-26(30)14(2)21-13-28-22(35-21)12-20-25(34)29-18-10-9-15(27)11-17(18)24(36-20)16-7-6-8-19(31-3)23(16)32-4/h6-11,13-14,20,24H,5,12H2,1-4H3,(H,29,34). The van der Waals surface area contributed by atoms with Crippen molar-refractivity contribution < 1.29 is 19.0 Å². The van der Waals surface area contributed by atoms with E-state index in [4.69, 9.17) is 38.0 Å². The Morgan fingerprint density at radius 2 is 2.03 bits per heavy atom. The van der Waals surface area contributed by atoms with Gasteiger partial charge in [0, 0.05) is 33.8 Å². The number of esters is 1. The average molecular weight is 563 g/mol. The van der Waals surface area contributed by atoms with Gasteiger partial charge in [-0.15, -0.1) is 23.1 Å². The van der Waals surface area contributed by atoms with Crippen LogP contribution in [0, 0.1) is 0 Å². The number of rotatable bonds is 8. The van der Waals surface area contributed by atoms with E-state index in [1.165, 1.54) is 11.3 Å². The van der Waals surface area contributed by atoms with Crippen LogP contribution in [-0.4, -0.2) is 42.0 Å². The molecule has 0 bridgehead atoms. The minimum atomic E-state index is -0.358. The molecule has 36 heavy (non-hydrogen) atoms. The Morgan fingerprint density at radius 1 is 1.22 bits per heavy atom. The molecule has 1 aliphatic heterocycles. The van der Waals surface area contributed by atoms with Gasteiger partial charge in [-0.2, -0.15) is 0 Å². The van der Waals surface area contributed by atoms with Gasteiger partial charge in [0.15, 0.2) is 11.5 Å². The van der Waals surface area contributed by atoms with Crippen LogP contribution in [0.2, 0.25) is 5.02 Å². The molecule has 6 nitrogen and oxygen atoms in total. The first-order valence-electron chi connectivity index (χ1n) is 11.4. The van der Waals surface area contributed by atoms with E-state index in [2.05, 4.69) is 10.3 Å². The molecular weight excluding hydrogens is 536 g/mol. The molecule has 0 saturated heterocycles. The van der Waals surface area contributed by atoms with Gasteiger partial charge in [0.05, 0.1) is 47.2 Å². The summed E-state index contributed by atoms with van der Waals surface area (Å²) in [5.41, 5.74) is 2.89. The maximum atomic E-state index is 12.2. The number of fused-ring (bicyclic) bond motifs is 1. The molecule has 2 aromatic carbocycles. The molecule has 0 amide bonds. The van der Waals surface area contributed by atoms with Gasteiger partial charge in [-0.3, -0.25) is 4.79 Å². The van der Waals surface area contributed by atoms with Crippen molar-refractivity contribution in [2.75, 3.05) is 26.1 Å². The summed E-state index contributed by atoms with van der Waals surface area (Å²) in [5, 5.41) is 4.78. The first-order chi connectivity index (χ1) is 17.4. The molecule has 190 valence electrons. The van der Waals surface area contributed by atoms with Crippen LogP contribution in [0.15, 0.2) is 42.6 Å². The van der Waals surface area contributed by atoms with Crippen molar-refractivity contribution in [1.82, 2.24) is 4.98 Å². The van der Waals surface area contributed by atoms with Crippen LogP contribution in [0.25, 0.3) is 0 Å². The highest BCUT2D eigenvalue weighted by molar-refractivity contribution is 8.02. The lowest BCUT2D eigenvalue weighted by molar-refractivity contribution is -0.144. The summed E-state index contributed by atoms with van der Waals surface area (Å²) in [5.74, 6) is 0.734. The van der Waals surface area contributed by atoms with E-state index >= 15 is 0 Å². The predicted molar refractivity (Wildman–Crippen MR) is 151 cm³/mol. The summed E-state index contributed by atoms with van der Waals surface area (Å²) in [6, 6.07) is 11.6. The number of thiazole rings is 1. The van der Waals surface area contributed by atoms with Crippen molar-refractivity contribution in [3.8, 4) is 11.5 Å². The highest BCUT2D eigenvalue weighted by Gasteiger charge is 2.33. The molecule has 1 N–H and O–H groups in total. The number of carbonyl (C=O) groups is 1. The number of aromatic nitrogens is 1. The molecule has 3 unspecified atom stereocenters. The molecule has 2 heterocycles. The van der Waals surface area contributed by atoms with E-state index in [0.717, 1.165) is 26.7 Å². The van der Waals surface area contributed by atoms with Crippen molar-refractivity contribution >= 4 is 63.6 Å². The van der Waals surface area contributed by atoms with E-state index in [9.17, 15) is 4.79 Å². The molecule has 3 aromatic rings. The Bertz CT molecular complexity index is 1270. The predicted octanol–water partition coefficient (Wildman–Crippen LogP) is 6.67.